The average molecular weight is 787 g/mol. The molecule has 0 saturated heterocycles. The fourth-order valence-electron chi connectivity index (χ4n) is 3.52. The minimum absolute atomic E-state index is 0. The number of benzene rings is 1. The molecule has 2 rings (SSSR count). The zero-order valence-electron chi connectivity index (χ0n) is 17.8. The molecule has 0 N–H and O–H groups in total. The molecule has 1 heterocycles. The van der Waals surface area contributed by atoms with E-state index in [9.17, 15) is 0 Å². The Bertz CT molecular complexity index is 607. The number of rotatable bonds is 11. The van der Waals surface area contributed by atoms with Crippen molar-refractivity contribution < 1.29 is 71.0 Å². The Kier molecular flexibility index (Phi) is 23.3. The fraction of sp³-hybridized carbons (Fsp3) is 0.522. The molecule has 169 valence electrons. The van der Waals surface area contributed by atoms with Gasteiger partial charge in [-0.25, -0.2) is 0 Å². The van der Waals surface area contributed by atoms with E-state index in [0.717, 1.165) is 11.3 Å². The van der Waals surface area contributed by atoms with Gasteiger partial charge in [-0.1, -0.05) is 52.2 Å². The predicted molar refractivity (Wildman–Crippen MR) is 114 cm³/mol. The van der Waals surface area contributed by atoms with Crippen molar-refractivity contribution in [2.24, 2.45) is 0 Å². The Morgan fingerprint density at radius 1 is 0.828 bits per heavy atom. The average Bonchev–Trinajstić information content (AvgIpc) is 2.68. The molecule has 0 bridgehead atoms. The molecule has 0 fully saturated rings. The summed E-state index contributed by atoms with van der Waals surface area (Å²) in [4.78, 5) is 4.54. The van der Waals surface area contributed by atoms with Gasteiger partial charge in [0.15, 0.2) is 0 Å². The smallest absolute Gasteiger partial charge is 0.0625 e. The van der Waals surface area contributed by atoms with Gasteiger partial charge in [0.2, 0.25) is 0 Å². The van der Waals surface area contributed by atoms with Crippen molar-refractivity contribution in [3.05, 3.63) is 48.7 Å². The molecule has 0 amide bonds. The summed E-state index contributed by atoms with van der Waals surface area (Å²) in [7, 11) is -1.09. The first-order valence-electron chi connectivity index (χ1n) is 10.1. The molecule has 0 saturated carbocycles. The summed E-state index contributed by atoms with van der Waals surface area (Å²) in [5.74, 6) is 0. The van der Waals surface area contributed by atoms with Crippen molar-refractivity contribution in [2.75, 3.05) is 18.5 Å². The van der Waals surface area contributed by atoms with Gasteiger partial charge in [-0.15, -0.1) is 29.8 Å². The van der Waals surface area contributed by atoms with Gasteiger partial charge in [-0.2, -0.15) is 0 Å². The molecule has 0 spiro atoms. The summed E-state index contributed by atoms with van der Waals surface area (Å²) in [5, 5.41) is 1.61. The number of pyridine rings is 1. The maximum absolute atomic E-state index is 4.54. The van der Waals surface area contributed by atoms with Crippen LogP contribution in [0.5, 0.6) is 0 Å². The van der Waals surface area contributed by atoms with Crippen LogP contribution in [-0.4, -0.2) is 23.5 Å². The van der Waals surface area contributed by atoms with Crippen molar-refractivity contribution in [2.45, 2.75) is 59.3 Å². The summed E-state index contributed by atoms with van der Waals surface area (Å²) >= 11 is 0. The molecule has 1 aromatic carbocycles. The summed E-state index contributed by atoms with van der Waals surface area (Å²) in [6.07, 6.45) is 14.1. The molecule has 2 aromatic rings. The predicted octanol–water partition coefficient (Wildman–Crippen LogP) is -2.40. The van der Waals surface area contributed by atoms with Crippen molar-refractivity contribution >= 4 is 12.6 Å². The van der Waals surface area contributed by atoms with Gasteiger partial charge in [0.1, 0.15) is 0 Å². The van der Waals surface area contributed by atoms with E-state index in [4.69, 9.17) is 0 Å². The number of unbranched alkanes of at least 4 members (excludes halogenated alkanes) is 3. The normalized spacial score (nSPS) is 10.0. The zero-order valence-corrected chi connectivity index (χ0v) is 25.8. The number of halogens is 3. The topological polar surface area (TPSA) is 12.9 Å². The monoisotopic (exact) mass is 785 g/mol. The van der Waals surface area contributed by atoms with E-state index in [-0.39, 0.29) is 71.0 Å². The van der Waals surface area contributed by atoms with Gasteiger partial charge in [0, 0.05) is 38.9 Å². The van der Waals surface area contributed by atoms with E-state index < -0.39 is 7.26 Å². The fourth-order valence-corrected chi connectivity index (χ4v) is 8.53. The van der Waals surface area contributed by atoms with Crippen LogP contribution >= 0.6 is 7.26 Å². The first-order valence-corrected chi connectivity index (χ1v) is 12.4. The Balaban J connectivity index is -0.00000169. The summed E-state index contributed by atoms with van der Waals surface area (Å²) in [5.41, 5.74) is 2.20. The minimum Gasteiger partial charge on any atom is -1.00 e. The molecule has 6 heteroatoms. The largest absolute Gasteiger partial charge is 1.00 e. The van der Waals surface area contributed by atoms with Gasteiger partial charge in [0.05, 0.1) is 18.5 Å². The van der Waals surface area contributed by atoms with Gasteiger partial charge >= 0.3 is 0 Å². The summed E-state index contributed by atoms with van der Waals surface area (Å²) in [6, 6.07) is 16.5. The van der Waals surface area contributed by atoms with Gasteiger partial charge in [0.25, 0.3) is 0 Å². The van der Waals surface area contributed by atoms with Crippen LogP contribution in [0.15, 0.2) is 42.6 Å². The first-order chi connectivity index (χ1) is 12.3. The summed E-state index contributed by atoms with van der Waals surface area (Å²) < 4.78 is 0. The third-order valence-electron chi connectivity index (χ3n) is 5.09. The van der Waals surface area contributed by atoms with E-state index in [0.29, 0.717) is 0 Å². The van der Waals surface area contributed by atoms with Crippen molar-refractivity contribution in [1.29, 1.82) is 0 Å². The Morgan fingerprint density at radius 3 is 1.83 bits per heavy atom. The number of hydrogen-bond acceptors (Lipinski definition) is 1. The molecule has 0 aliphatic heterocycles. The SMILES string of the molecule is CCCC[P+](CCCC)(CCCC)c1cc[c-]c(-c2ccccn2)c1.[Br-].[Br-].[Br-].[Ir]. The molecule has 0 atom stereocenters. The van der Waals surface area contributed by atoms with Crippen LogP contribution in [0.3, 0.4) is 0 Å². The van der Waals surface area contributed by atoms with Gasteiger partial charge in [-0.3, -0.25) is 0 Å². The third-order valence-corrected chi connectivity index (χ3v) is 9.98. The molecule has 1 radical (unpaired) electrons. The maximum atomic E-state index is 4.54. The zero-order chi connectivity index (χ0) is 18.0. The van der Waals surface area contributed by atoms with E-state index in [1.165, 1.54) is 57.0 Å². The van der Waals surface area contributed by atoms with Crippen LogP contribution in [0, 0.1) is 6.07 Å². The van der Waals surface area contributed by atoms with Crippen molar-refractivity contribution in [3.8, 4) is 11.3 Å². The quantitative estimate of drug-likeness (QED) is 0.183. The van der Waals surface area contributed by atoms with E-state index in [2.05, 4.69) is 62.2 Å². The molecule has 29 heavy (non-hydrogen) atoms. The molecular weight excluding hydrogens is 753 g/mol. The number of aromatic nitrogens is 1. The molecule has 0 unspecified atom stereocenters. The van der Waals surface area contributed by atoms with E-state index >= 15 is 0 Å². The molecule has 0 aliphatic rings. The van der Waals surface area contributed by atoms with Crippen molar-refractivity contribution in [1.82, 2.24) is 4.98 Å². The van der Waals surface area contributed by atoms with Crippen LogP contribution in [0.2, 0.25) is 0 Å². The number of nitrogens with zero attached hydrogens (tertiary/aromatic N) is 1. The third kappa shape index (κ3) is 10.8. The van der Waals surface area contributed by atoms with Crippen molar-refractivity contribution in [3.63, 3.8) is 0 Å². The van der Waals surface area contributed by atoms with Gasteiger partial charge in [-0.05, 0) is 31.0 Å². The van der Waals surface area contributed by atoms with Crippen LogP contribution in [0.4, 0.5) is 0 Å². The maximum Gasteiger partial charge on any atom is 0.0625 e. The second kappa shape index (κ2) is 19.6. The standard InChI is InChI=1S/C23H34NP.3BrH.Ir/c1-4-7-17-25(18-8-5-2,19-9-6-3)22-14-12-13-21(20-22)23-15-10-11-16-24-23;;;;/h10-12,14-16,20H,4-9,17-19H2,1-3H3;3*1H;/p-3. The summed E-state index contributed by atoms with van der Waals surface area (Å²) in [6.45, 7) is 6.98. The van der Waals surface area contributed by atoms with Crippen LogP contribution in [-0.2, 0) is 20.1 Å². The Morgan fingerprint density at radius 2 is 1.38 bits per heavy atom. The Hall–Kier alpha value is 0.889. The van der Waals surface area contributed by atoms with E-state index in [1.54, 1.807) is 5.30 Å². The molecular formula is C23H34Br3IrNP-3. The van der Waals surface area contributed by atoms with E-state index in [1.807, 2.05) is 12.3 Å². The van der Waals surface area contributed by atoms with Crippen LogP contribution < -0.4 is 56.2 Å². The first kappa shape index (κ1) is 34.5. The second-order valence-corrected chi connectivity index (χ2v) is 11.2. The molecule has 0 aliphatic carbocycles. The van der Waals surface area contributed by atoms with Crippen LogP contribution in [0.1, 0.15) is 59.3 Å². The second-order valence-electron chi connectivity index (χ2n) is 7.05. The Labute approximate surface area is 224 Å². The molecule has 1 nitrogen and oxygen atoms in total. The van der Waals surface area contributed by atoms with Crippen LogP contribution in [0.25, 0.3) is 11.3 Å². The minimum atomic E-state index is -1.09. The number of hydrogen-bond donors (Lipinski definition) is 0. The van der Waals surface area contributed by atoms with Gasteiger partial charge < -0.3 is 55.9 Å². The molecule has 1 aromatic heterocycles.